The molecule has 0 aliphatic heterocycles. The van der Waals surface area contributed by atoms with Crippen molar-refractivity contribution >= 4 is 46.6 Å². The molecule has 2 aromatic rings. The summed E-state index contributed by atoms with van der Waals surface area (Å²) < 4.78 is 10.7. The highest BCUT2D eigenvalue weighted by molar-refractivity contribution is 6.36. The zero-order valence-electron chi connectivity index (χ0n) is 17.9. The fourth-order valence-corrected chi connectivity index (χ4v) is 6.82. The first-order valence-electron chi connectivity index (χ1n) is 10.7. The molecular formula is C24H19Cl2NO7. The van der Waals surface area contributed by atoms with E-state index >= 15 is 0 Å². The molecule has 5 rings (SSSR count). The molecule has 0 bridgehead atoms. The first-order valence-corrected chi connectivity index (χ1v) is 11.4. The lowest BCUT2D eigenvalue weighted by molar-refractivity contribution is -0.384. The zero-order valence-corrected chi connectivity index (χ0v) is 19.4. The predicted molar refractivity (Wildman–Crippen MR) is 120 cm³/mol. The number of esters is 2. The van der Waals surface area contributed by atoms with Crippen LogP contribution in [0.25, 0.3) is 0 Å². The number of ketones is 1. The number of methoxy groups -OCH3 is 1. The van der Waals surface area contributed by atoms with Gasteiger partial charge in [-0.2, -0.15) is 0 Å². The summed E-state index contributed by atoms with van der Waals surface area (Å²) in [5, 5.41) is 11.6. The van der Waals surface area contributed by atoms with Gasteiger partial charge in [-0.1, -0.05) is 29.3 Å². The van der Waals surface area contributed by atoms with Crippen LogP contribution in [0.5, 0.6) is 0 Å². The third kappa shape index (κ3) is 3.08. The van der Waals surface area contributed by atoms with Crippen LogP contribution in [0, 0.1) is 39.2 Å². The van der Waals surface area contributed by atoms with Crippen LogP contribution >= 0.6 is 23.2 Å². The van der Waals surface area contributed by atoms with Gasteiger partial charge in [0.05, 0.1) is 23.4 Å². The van der Waals surface area contributed by atoms with Crippen molar-refractivity contribution in [2.45, 2.75) is 18.9 Å². The van der Waals surface area contributed by atoms with Crippen LogP contribution in [0.2, 0.25) is 10.0 Å². The molecule has 0 heterocycles. The number of hydrogen-bond acceptors (Lipinski definition) is 7. The highest BCUT2D eigenvalue weighted by atomic mass is 35.5. The summed E-state index contributed by atoms with van der Waals surface area (Å²) in [5.41, 5.74) is -0.248. The minimum Gasteiger partial charge on any atom is -0.469 e. The number of halogens is 2. The van der Waals surface area contributed by atoms with Gasteiger partial charge in [-0.15, -0.1) is 0 Å². The number of benzene rings is 2. The SMILES string of the molecule is COC(=O)[C@@]12C([C@@H]3CC(=O)C3[C@H]1C(=O)OCc1ccc([N+](=O)[O-])cc1)[C@@H]2c1c(Cl)cccc1Cl. The molecule has 0 spiro atoms. The number of hydrogen-bond donors (Lipinski definition) is 0. The standard InChI is InChI=1S/C24H19Cl2NO7/c1-33-23(30)24-19(20(24)18-14(25)3-2-4-15(18)26)13-9-16(28)17(13)21(24)22(29)34-10-11-5-7-12(8-6-11)27(31)32/h2-8,13,17,19-21H,9-10H2,1H3/t13-,17?,19?,20+,21+,24-/m1/s1. The molecule has 3 saturated carbocycles. The van der Waals surface area contributed by atoms with Crippen LogP contribution in [-0.2, 0) is 30.5 Å². The molecule has 6 atom stereocenters. The average molecular weight is 504 g/mol. The van der Waals surface area contributed by atoms with E-state index in [0.29, 0.717) is 21.2 Å². The third-order valence-corrected chi connectivity index (χ3v) is 8.21. The summed E-state index contributed by atoms with van der Waals surface area (Å²) in [6.07, 6.45) is 0.277. The van der Waals surface area contributed by atoms with E-state index in [4.69, 9.17) is 32.7 Å². The molecule has 8 nitrogen and oxygen atoms in total. The van der Waals surface area contributed by atoms with E-state index in [1.165, 1.54) is 31.4 Å². The van der Waals surface area contributed by atoms with E-state index < -0.39 is 40.0 Å². The van der Waals surface area contributed by atoms with E-state index in [2.05, 4.69) is 0 Å². The Hall–Kier alpha value is -2.97. The van der Waals surface area contributed by atoms with Gasteiger partial charge in [0.15, 0.2) is 0 Å². The Morgan fingerprint density at radius 1 is 1.15 bits per heavy atom. The average Bonchev–Trinajstić information content (AvgIpc) is 3.39. The van der Waals surface area contributed by atoms with Gasteiger partial charge in [-0.3, -0.25) is 24.5 Å². The van der Waals surface area contributed by atoms with E-state index in [9.17, 15) is 24.5 Å². The minimum atomic E-state index is -1.28. The highest BCUT2D eigenvalue weighted by Gasteiger charge is 2.87. The van der Waals surface area contributed by atoms with E-state index in [1.807, 2.05) is 0 Å². The number of rotatable bonds is 6. The number of carbonyl (C=O) groups is 3. The van der Waals surface area contributed by atoms with Crippen molar-refractivity contribution in [1.82, 2.24) is 0 Å². The highest BCUT2D eigenvalue weighted by Crippen LogP contribution is 2.83. The Labute approximate surface area is 204 Å². The molecule has 3 aliphatic rings. The quantitative estimate of drug-likeness (QED) is 0.327. The lowest BCUT2D eigenvalue weighted by Gasteiger charge is -2.37. The van der Waals surface area contributed by atoms with Crippen molar-refractivity contribution in [3.8, 4) is 0 Å². The van der Waals surface area contributed by atoms with Crippen molar-refractivity contribution in [2.75, 3.05) is 7.11 Å². The maximum Gasteiger partial charge on any atom is 0.313 e. The number of ether oxygens (including phenoxy) is 2. The van der Waals surface area contributed by atoms with Crippen LogP contribution < -0.4 is 0 Å². The lowest BCUT2D eigenvalue weighted by Crippen LogP contribution is -2.46. The zero-order chi connectivity index (χ0) is 24.4. The molecule has 34 heavy (non-hydrogen) atoms. The largest absolute Gasteiger partial charge is 0.469 e. The van der Waals surface area contributed by atoms with E-state index in [1.54, 1.807) is 18.2 Å². The summed E-state index contributed by atoms with van der Waals surface area (Å²) >= 11 is 12.9. The first-order chi connectivity index (χ1) is 16.2. The number of non-ortho nitro benzene ring substituents is 1. The Kier molecular flexibility index (Phi) is 5.41. The Morgan fingerprint density at radius 2 is 1.79 bits per heavy atom. The Balaban J connectivity index is 1.47. The van der Waals surface area contributed by atoms with Crippen LogP contribution in [0.4, 0.5) is 5.69 Å². The fraction of sp³-hybridized carbons (Fsp3) is 0.375. The maximum atomic E-state index is 13.4. The van der Waals surface area contributed by atoms with E-state index in [-0.39, 0.29) is 36.3 Å². The molecule has 2 aromatic carbocycles. The number of carbonyl (C=O) groups excluding carboxylic acids is 3. The van der Waals surface area contributed by atoms with Gasteiger partial charge < -0.3 is 9.47 Å². The minimum absolute atomic E-state index is 0.0817. The van der Waals surface area contributed by atoms with Crippen molar-refractivity contribution in [3.63, 3.8) is 0 Å². The number of nitrogens with zero attached hydrogens (tertiary/aromatic N) is 1. The van der Waals surface area contributed by atoms with Crippen LogP contribution in [0.15, 0.2) is 42.5 Å². The van der Waals surface area contributed by atoms with Crippen molar-refractivity contribution < 1.29 is 28.8 Å². The van der Waals surface area contributed by atoms with Gasteiger partial charge in [0.2, 0.25) is 0 Å². The molecule has 0 saturated heterocycles. The van der Waals surface area contributed by atoms with Gasteiger partial charge in [0, 0.05) is 40.4 Å². The molecule has 0 aromatic heterocycles. The predicted octanol–water partition coefficient (Wildman–Crippen LogP) is 4.35. The summed E-state index contributed by atoms with van der Waals surface area (Å²) in [5.74, 6) is -3.93. The molecule has 3 fully saturated rings. The lowest BCUT2D eigenvalue weighted by atomic mass is 9.65. The molecule has 2 unspecified atom stereocenters. The molecule has 3 aliphatic carbocycles. The normalized spacial score (nSPS) is 30.6. The van der Waals surface area contributed by atoms with Crippen molar-refractivity contribution in [1.29, 1.82) is 0 Å². The monoisotopic (exact) mass is 503 g/mol. The van der Waals surface area contributed by atoms with Crippen LogP contribution in [0.3, 0.4) is 0 Å². The molecular weight excluding hydrogens is 485 g/mol. The van der Waals surface area contributed by atoms with Gasteiger partial charge >= 0.3 is 11.9 Å². The molecule has 0 radical (unpaired) electrons. The Morgan fingerprint density at radius 3 is 2.35 bits per heavy atom. The van der Waals surface area contributed by atoms with E-state index in [0.717, 1.165) is 0 Å². The smallest absolute Gasteiger partial charge is 0.313 e. The Bertz CT molecular complexity index is 1210. The number of fused-ring (bicyclic) bond motifs is 3. The summed E-state index contributed by atoms with van der Waals surface area (Å²) in [6, 6.07) is 10.6. The second-order valence-electron chi connectivity index (χ2n) is 8.93. The fourth-order valence-electron chi connectivity index (χ4n) is 6.18. The number of nitro groups is 1. The van der Waals surface area contributed by atoms with Crippen LogP contribution in [-0.4, -0.2) is 29.8 Å². The first kappa shape index (κ1) is 22.8. The molecule has 0 amide bonds. The molecule has 0 N–H and O–H groups in total. The van der Waals surface area contributed by atoms with Gasteiger partial charge in [0.1, 0.15) is 12.4 Å². The number of nitro benzene ring substituents is 1. The van der Waals surface area contributed by atoms with Crippen molar-refractivity contribution in [3.05, 3.63) is 73.8 Å². The summed E-state index contributed by atoms with van der Waals surface area (Å²) in [4.78, 5) is 49.4. The second-order valence-corrected chi connectivity index (χ2v) is 9.75. The summed E-state index contributed by atoms with van der Waals surface area (Å²) in [6.45, 7) is -0.154. The van der Waals surface area contributed by atoms with Gasteiger partial charge in [0.25, 0.3) is 5.69 Å². The summed E-state index contributed by atoms with van der Waals surface area (Å²) in [7, 11) is 1.25. The second kappa shape index (κ2) is 8.06. The third-order valence-electron chi connectivity index (χ3n) is 7.55. The van der Waals surface area contributed by atoms with Gasteiger partial charge in [-0.05, 0) is 47.2 Å². The molecule has 176 valence electrons. The van der Waals surface area contributed by atoms with Crippen molar-refractivity contribution in [2.24, 2.45) is 29.1 Å². The topological polar surface area (TPSA) is 113 Å². The number of Topliss-reactive ketones (excluding diaryl/α,β-unsaturated/α-hetero) is 1. The van der Waals surface area contributed by atoms with Gasteiger partial charge in [-0.25, -0.2) is 0 Å². The maximum absolute atomic E-state index is 13.4. The van der Waals surface area contributed by atoms with Crippen LogP contribution in [0.1, 0.15) is 23.5 Å². The molecule has 10 heteroatoms.